The fraction of sp³-hybridized carbons (Fsp3) is 0.136. The summed E-state index contributed by atoms with van der Waals surface area (Å²) in [6, 6.07) is 21.1. The highest BCUT2D eigenvalue weighted by Crippen LogP contribution is 2.24. The molecule has 0 radical (unpaired) electrons. The molecule has 0 spiro atoms. The van der Waals surface area contributed by atoms with Crippen molar-refractivity contribution in [1.82, 2.24) is 10.3 Å². The molecule has 0 amide bonds. The zero-order valence-electron chi connectivity index (χ0n) is 14.3. The number of nitrogens with one attached hydrogen (secondary N) is 2. The van der Waals surface area contributed by atoms with Crippen LogP contribution in [0.1, 0.15) is 27.7 Å². The number of carbonyl (C=O) groups is 1. The number of Topliss-reactive ketones (excluding diaryl/α,β-unsaturated/α-hetero) is 1. The molecule has 4 aromatic rings. The summed E-state index contributed by atoms with van der Waals surface area (Å²) < 4.78 is 5.38. The van der Waals surface area contributed by atoms with Crippen LogP contribution in [0.3, 0.4) is 0 Å². The number of para-hydroxylation sites is 1. The second kappa shape index (κ2) is 7.42. The molecular weight excluding hydrogens is 324 g/mol. The minimum atomic E-state index is -0.398. The van der Waals surface area contributed by atoms with Crippen LogP contribution in [0.25, 0.3) is 10.9 Å². The highest BCUT2D eigenvalue weighted by molar-refractivity contribution is 6.10. The van der Waals surface area contributed by atoms with Gasteiger partial charge in [-0.3, -0.25) is 4.79 Å². The predicted molar refractivity (Wildman–Crippen MR) is 102 cm³/mol. The van der Waals surface area contributed by atoms with Gasteiger partial charge in [-0.05, 0) is 23.8 Å². The van der Waals surface area contributed by atoms with Crippen LogP contribution in [-0.2, 0) is 6.42 Å². The molecule has 0 bridgehead atoms. The summed E-state index contributed by atoms with van der Waals surface area (Å²) in [6.45, 7) is 0.654. The number of carbonyl (C=O) groups excluding carboxylic acids is 1. The van der Waals surface area contributed by atoms with Crippen molar-refractivity contribution in [2.75, 3.05) is 6.54 Å². The van der Waals surface area contributed by atoms with Crippen LogP contribution in [0, 0.1) is 0 Å². The first-order valence-corrected chi connectivity index (χ1v) is 8.74. The molecule has 0 fully saturated rings. The van der Waals surface area contributed by atoms with Crippen LogP contribution in [0.2, 0.25) is 0 Å². The van der Waals surface area contributed by atoms with Crippen molar-refractivity contribution in [1.29, 1.82) is 0 Å². The fourth-order valence-corrected chi connectivity index (χ4v) is 3.23. The first-order valence-electron chi connectivity index (χ1n) is 8.74. The quantitative estimate of drug-likeness (QED) is 0.485. The van der Waals surface area contributed by atoms with Crippen molar-refractivity contribution in [3.05, 3.63) is 96.1 Å². The number of hydrogen-bond acceptors (Lipinski definition) is 3. The van der Waals surface area contributed by atoms with Gasteiger partial charge in [0.25, 0.3) is 0 Å². The van der Waals surface area contributed by atoms with E-state index in [4.69, 9.17) is 4.42 Å². The summed E-state index contributed by atoms with van der Waals surface area (Å²) in [6.07, 6.45) is 4.20. The Balaban J connectivity index is 1.60. The van der Waals surface area contributed by atoms with Crippen LogP contribution < -0.4 is 5.32 Å². The zero-order valence-corrected chi connectivity index (χ0v) is 14.3. The summed E-state index contributed by atoms with van der Waals surface area (Å²) in [5, 5.41) is 4.35. The summed E-state index contributed by atoms with van der Waals surface area (Å²) in [4.78, 5) is 16.5. The third kappa shape index (κ3) is 3.32. The van der Waals surface area contributed by atoms with Gasteiger partial charge in [0.2, 0.25) is 0 Å². The number of aromatic nitrogens is 1. The van der Waals surface area contributed by atoms with Gasteiger partial charge in [-0.15, -0.1) is 0 Å². The number of H-pyrrole nitrogens is 1. The van der Waals surface area contributed by atoms with Crippen molar-refractivity contribution < 1.29 is 9.21 Å². The standard InChI is InChI=1S/C22H20N2O2/c25-22(19-15-24-20-11-5-4-10-18(19)20)21(16-7-2-1-3-8-16)23-13-12-17-9-6-14-26-17/h1-11,14-15,21,23-24H,12-13H2/t21-/m0/s1. The van der Waals surface area contributed by atoms with Gasteiger partial charge >= 0.3 is 0 Å². The molecule has 2 aromatic carbocycles. The number of rotatable bonds is 7. The van der Waals surface area contributed by atoms with Crippen molar-refractivity contribution in [3.63, 3.8) is 0 Å². The molecule has 4 rings (SSSR count). The number of ketones is 1. The maximum absolute atomic E-state index is 13.3. The van der Waals surface area contributed by atoms with E-state index in [-0.39, 0.29) is 5.78 Å². The molecule has 2 N–H and O–H groups in total. The molecule has 0 saturated heterocycles. The molecule has 0 unspecified atom stereocenters. The van der Waals surface area contributed by atoms with E-state index in [2.05, 4.69) is 10.3 Å². The molecule has 0 saturated carbocycles. The lowest BCUT2D eigenvalue weighted by Gasteiger charge is -2.18. The Morgan fingerprint density at radius 2 is 1.81 bits per heavy atom. The van der Waals surface area contributed by atoms with E-state index in [1.165, 1.54) is 0 Å². The molecule has 0 aliphatic carbocycles. The third-order valence-electron chi connectivity index (χ3n) is 4.55. The SMILES string of the molecule is O=C(c1c[nH]c2ccccc12)[C@@H](NCCc1ccco1)c1ccccc1. The number of hydrogen-bond donors (Lipinski definition) is 2. The molecule has 2 aromatic heterocycles. The highest BCUT2D eigenvalue weighted by Gasteiger charge is 2.23. The number of benzene rings is 2. The first-order chi connectivity index (χ1) is 12.8. The van der Waals surface area contributed by atoms with Gasteiger partial charge in [-0.1, -0.05) is 48.5 Å². The lowest BCUT2D eigenvalue weighted by molar-refractivity contribution is 0.0944. The summed E-state index contributed by atoms with van der Waals surface area (Å²) >= 11 is 0. The van der Waals surface area contributed by atoms with Crippen LogP contribution in [-0.4, -0.2) is 17.3 Å². The van der Waals surface area contributed by atoms with E-state index in [9.17, 15) is 4.79 Å². The van der Waals surface area contributed by atoms with Crippen LogP contribution in [0.4, 0.5) is 0 Å². The van der Waals surface area contributed by atoms with Crippen molar-refractivity contribution in [2.45, 2.75) is 12.5 Å². The fourth-order valence-electron chi connectivity index (χ4n) is 3.23. The molecule has 0 aliphatic heterocycles. The van der Waals surface area contributed by atoms with Crippen LogP contribution >= 0.6 is 0 Å². The minimum Gasteiger partial charge on any atom is -0.469 e. The smallest absolute Gasteiger partial charge is 0.186 e. The summed E-state index contributed by atoms with van der Waals surface area (Å²) in [5.41, 5.74) is 2.64. The number of aromatic amines is 1. The normalized spacial score (nSPS) is 12.3. The average Bonchev–Trinajstić information content (AvgIpc) is 3.35. The van der Waals surface area contributed by atoms with Crippen molar-refractivity contribution in [3.8, 4) is 0 Å². The molecule has 4 nitrogen and oxygen atoms in total. The average molecular weight is 344 g/mol. The Hall–Kier alpha value is -3.11. The lowest BCUT2D eigenvalue weighted by Crippen LogP contribution is -2.30. The monoisotopic (exact) mass is 344 g/mol. The number of fused-ring (bicyclic) bond motifs is 1. The molecule has 1 atom stereocenters. The molecule has 4 heteroatoms. The Bertz CT molecular complexity index is 987. The van der Waals surface area contributed by atoms with Crippen molar-refractivity contribution in [2.24, 2.45) is 0 Å². The van der Waals surface area contributed by atoms with Crippen molar-refractivity contribution >= 4 is 16.7 Å². The third-order valence-corrected chi connectivity index (χ3v) is 4.55. The Morgan fingerprint density at radius 1 is 1.00 bits per heavy atom. The Kier molecular flexibility index (Phi) is 4.67. The van der Waals surface area contributed by atoms with Crippen LogP contribution in [0.15, 0.2) is 83.6 Å². The van der Waals surface area contributed by atoms with E-state index in [0.717, 1.165) is 28.6 Å². The van der Waals surface area contributed by atoms with Gasteiger partial charge in [0.1, 0.15) is 5.76 Å². The van der Waals surface area contributed by atoms with E-state index in [1.54, 1.807) is 12.5 Å². The Morgan fingerprint density at radius 3 is 2.62 bits per heavy atom. The summed E-state index contributed by atoms with van der Waals surface area (Å²) in [5.74, 6) is 0.969. The molecule has 0 aliphatic rings. The Labute approximate surface area is 151 Å². The van der Waals surface area contributed by atoms with Gasteiger partial charge in [0.05, 0.1) is 12.3 Å². The topological polar surface area (TPSA) is 58.0 Å². The van der Waals surface area contributed by atoms with E-state index in [1.807, 2.05) is 66.7 Å². The predicted octanol–water partition coefficient (Wildman–Crippen LogP) is 4.52. The highest BCUT2D eigenvalue weighted by atomic mass is 16.3. The van der Waals surface area contributed by atoms with Crippen LogP contribution in [0.5, 0.6) is 0 Å². The van der Waals surface area contributed by atoms with Gasteiger partial charge in [0, 0.05) is 35.6 Å². The van der Waals surface area contributed by atoms with E-state index < -0.39 is 6.04 Å². The van der Waals surface area contributed by atoms with Gasteiger partial charge < -0.3 is 14.7 Å². The maximum Gasteiger partial charge on any atom is 0.186 e. The second-order valence-electron chi connectivity index (χ2n) is 6.24. The minimum absolute atomic E-state index is 0.0631. The van der Waals surface area contributed by atoms with Gasteiger partial charge in [0.15, 0.2) is 5.78 Å². The second-order valence-corrected chi connectivity index (χ2v) is 6.24. The lowest BCUT2D eigenvalue weighted by atomic mass is 9.97. The van der Waals surface area contributed by atoms with Gasteiger partial charge in [-0.25, -0.2) is 0 Å². The molecule has 130 valence electrons. The molecule has 26 heavy (non-hydrogen) atoms. The zero-order chi connectivity index (χ0) is 17.8. The largest absolute Gasteiger partial charge is 0.469 e. The van der Waals surface area contributed by atoms with E-state index in [0.29, 0.717) is 12.1 Å². The number of furan rings is 1. The van der Waals surface area contributed by atoms with Gasteiger partial charge in [-0.2, -0.15) is 0 Å². The molecular formula is C22H20N2O2. The molecule has 2 heterocycles. The maximum atomic E-state index is 13.3. The van der Waals surface area contributed by atoms with E-state index >= 15 is 0 Å². The first kappa shape index (κ1) is 16.4. The summed E-state index contributed by atoms with van der Waals surface area (Å²) in [7, 11) is 0.